The minimum atomic E-state index is -3.85. The lowest BCUT2D eigenvalue weighted by Crippen LogP contribution is -2.31. The van der Waals surface area contributed by atoms with Gasteiger partial charge in [0, 0.05) is 23.0 Å². The third-order valence-electron chi connectivity index (χ3n) is 6.54. The molecular weight excluding hydrogens is 672 g/mol. The first-order valence-electron chi connectivity index (χ1n) is 15.4. The first-order chi connectivity index (χ1) is 22.5. The number of nitrogens with zero attached hydrogens (tertiary/aromatic N) is 2. The number of phosphoric ester groups is 2. The van der Waals surface area contributed by atoms with E-state index in [9.17, 15) is 13.9 Å². The van der Waals surface area contributed by atoms with Gasteiger partial charge in [0.2, 0.25) is 5.95 Å². The van der Waals surface area contributed by atoms with Crippen molar-refractivity contribution in [2.24, 2.45) is 0 Å². The molecule has 2 heterocycles. The van der Waals surface area contributed by atoms with E-state index < -0.39 is 27.6 Å². The van der Waals surface area contributed by atoms with Crippen molar-refractivity contribution in [2.45, 2.75) is 60.0 Å². The van der Waals surface area contributed by atoms with Crippen LogP contribution in [0, 0.1) is 6.92 Å². The molecule has 0 unspecified atom stereocenters. The number of aromatic nitrogens is 3. The number of aromatic amines is 1. The van der Waals surface area contributed by atoms with Crippen molar-refractivity contribution in [3.05, 3.63) is 64.6 Å². The summed E-state index contributed by atoms with van der Waals surface area (Å²) in [7, 11) is -7.52. The summed E-state index contributed by atoms with van der Waals surface area (Å²) in [5, 5.41) is 6.58. The molecule has 47 heavy (non-hydrogen) atoms. The number of rotatable bonds is 21. The molecule has 0 aliphatic heterocycles. The average molecular weight is 716 g/mol. The normalized spacial score (nSPS) is 13.3. The van der Waals surface area contributed by atoms with Crippen LogP contribution in [0.25, 0.3) is 11.3 Å². The highest BCUT2D eigenvalue weighted by molar-refractivity contribution is 7.48. The van der Waals surface area contributed by atoms with E-state index >= 15 is 0 Å². The summed E-state index contributed by atoms with van der Waals surface area (Å²) >= 11 is 6.22. The Hall–Kier alpha value is -2.64. The number of anilines is 1. The molecule has 1 aromatic carbocycles. The van der Waals surface area contributed by atoms with Gasteiger partial charge in [0.15, 0.2) is 0 Å². The molecule has 2 aromatic heterocycles. The minimum Gasteiger partial charge on any atom is -0.357 e. The molecule has 0 spiro atoms. The molecule has 3 aromatic rings. The van der Waals surface area contributed by atoms with E-state index in [1.807, 2.05) is 13.8 Å². The number of phosphoric acid groups is 2. The molecule has 0 bridgehead atoms. The maximum atomic E-state index is 13.5. The van der Waals surface area contributed by atoms with E-state index in [4.69, 9.17) is 38.7 Å². The van der Waals surface area contributed by atoms with Crippen molar-refractivity contribution in [2.75, 3.05) is 45.0 Å². The fourth-order valence-corrected chi connectivity index (χ4v) is 6.90. The first-order valence-corrected chi connectivity index (χ1v) is 18.7. The van der Waals surface area contributed by atoms with Crippen molar-refractivity contribution in [3.63, 3.8) is 0 Å². The van der Waals surface area contributed by atoms with E-state index in [-0.39, 0.29) is 51.4 Å². The van der Waals surface area contributed by atoms with Gasteiger partial charge in [-0.2, -0.15) is 0 Å². The molecule has 0 aliphatic rings. The summed E-state index contributed by atoms with van der Waals surface area (Å²) in [6, 6.07) is 7.52. The Morgan fingerprint density at radius 1 is 0.915 bits per heavy atom. The Bertz CT molecular complexity index is 1520. The van der Waals surface area contributed by atoms with Crippen molar-refractivity contribution in [1.29, 1.82) is 0 Å². The van der Waals surface area contributed by atoms with E-state index in [1.54, 1.807) is 70.4 Å². The van der Waals surface area contributed by atoms with Gasteiger partial charge in [0.05, 0.1) is 57.4 Å². The zero-order valence-electron chi connectivity index (χ0n) is 27.5. The van der Waals surface area contributed by atoms with Crippen LogP contribution >= 0.6 is 27.2 Å². The molecule has 0 saturated carbocycles. The number of benzene rings is 1. The molecule has 2 atom stereocenters. The number of aryl methyl sites for hydroxylation is 1. The van der Waals surface area contributed by atoms with Gasteiger partial charge in [-0.15, -0.1) is 0 Å². The van der Waals surface area contributed by atoms with Crippen molar-refractivity contribution < 1.29 is 41.1 Å². The Balaban J connectivity index is 1.77. The van der Waals surface area contributed by atoms with Gasteiger partial charge in [0.1, 0.15) is 5.69 Å². The monoisotopic (exact) mass is 715 g/mol. The second kappa shape index (κ2) is 18.8. The molecule has 0 fully saturated rings. The number of carbonyl (C=O) groups is 1. The minimum absolute atomic E-state index is 0.0386. The van der Waals surface area contributed by atoms with Crippen molar-refractivity contribution in [1.82, 2.24) is 20.3 Å². The molecule has 0 radical (unpaired) electrons. The predicted octanol–water partition coefficient (Wildman–Crippen LogP) is 7.49. The lowest BCUT2D eigenvalue weighted by atomic mass is 10.1. The third-order valence-corrected chi connectivity index (χ3v) is 10.0. The summed E-state index contributed by atoms with van der Waals surface area (Å²) in [4.78, 5) is 25.5. The topological polar surface area (TPSA) is 172 Å². The number of H-pyrrole nitrogens is 1. The maximum absolute atomic E-state index is 13.5. The molecule has 1 amide bonds. The van der Waals surface area contributed by atoms with Gasteiger partial charge in [0.25, 0.3) is 5.91 Å². The van der Waals surface area contributed by atoms with Crippen LogP contribution in [0.15, 0.2) is 42.7 Å². The molecule has 3 N–H and O–H groups in total. The largest absolute Gasteiger partial charge is 0.474 e. The fraction of sp³-hybridized carbons (Fsp3) is 0.500. The van der Waals surface area contributed by atoms with Crippen LogP contribution in [-0.4, -0.2) is 66.5 Å². The third kappa shape index (κ3) is 11.8. The Morgan fingerprint density at radius 3 is 2.11 bits per heavy atom. The lowest BCUT2D eigenvalue weighted by molar-refractivity contribution is 0.0869. The predicted molar refractivity (Wildman–Crippen MR) is 180 cm³/mol. The van der Waals surface area contributed by atoms with Crippen LogP contribution in [0.3, 0.4) is 0 Å². The summed E-state index contributed by atoms with van der Waals surface area (Å²) in [6.45, 7) is 11.0. The molecule has 3 rings (SSSR count). The van der Waals surface area contributed by atoms with Crippen LogP contribution in [-0.2, 0) is 36.3 Å². The van der Waals surface area contributed by atoms with E-state index in [0.717, 1.165) is 5.56 Å². The summed E-state index contributed by atoms with van der Waals surface area (Å²) < 4.78 is 57.7. The molecule has 0 saturated heterocycles. The van der Waals surface area contributed by atoms with Crippen LogP contribution in [0.1, 0.15) is 68.7 Å². The van der Waals surface area contributed by atoms with E-state index in [2.05, 4.69) is 25.6 Å². The highest BCUT2D eigenvalue weighted by atomic mass is 35.5. The summed E-state index contributed by atoms with van der Waals surface area (Å²) in [6.07, 6.45) is 3.94. The van der Waals surface area contributed by atoms with Gasteiger partial charge in [-0.1, -0.05) is 30.7 Å². The van der Waals surface area contributed by atoms with Gasteiger partial charge in [-0.25, -0.2) is 19.1 Å². The second-order valence-electron chi connectivity index (χ2n) is 10.0. The number of hydrogen-bond acceptors (Lipinski definition) is 12. The lowest BCUT2D eigenvalue weighted by Gasteiger charge is -2.22. The van der Waals surface area contributed by atoms with Crippen LogP contribution < -0.4 is 10.6 Å². The zero-order chi connectivity index (χ0) is 34.5. The summed E-state index contributed by atoms with van der Waals surface area (Å²) in [5.41, 5.74) is 2.89. The Kier molecular flexibility index (Phi) is 15.5. The van der Waals surface area contributed by atoms with E-state index in [0.29, 0.717) is 34.2 Å². The number of hydrogen-bond donors (Lipinski definition) is 3. The van der Waals surface area contributed by atoms with Gasteiger partial charge >= 0.3 is 15.6 Å². The smallest absolute Gasteiger partial charge is 0.357 e. The first kappa shape index (κ1) is 38.8. The molecular formula is C30H44ClN5O9P2. The van der Waals surface area contributed by atoms with Gasteiger partial charge in [-0.3, -0.25) is 31.9 Å². The van der Waals surface area contributed by atoms with Crippen LogP contribution in [0.4, 0.5) is 5.95 Å². The highest BCUT2D eigenvalue weighted by Gasteiger charge is 2.29. The van der Waals surface area contributed by atoms with E-state index in [1.165, 1.54) is 0 Å². The Morgan fingerprint density at radius 2 is 1.53 bits per heavy atom. The molecule has 0 aliphatic carbocycles. The quantitative estimate of drug-likeness (QED) is 0.0929. The maximum Gasteiger partial charge on any atom is 0.474 e. The summed E-state index contributed by atoms with van der Waals surface area (Å²) in [5.74, 6) is -0.129. The number of halogens is 1. The standard InChI is InChI=1S/C30H44ClN5O9P2/c1-7-25(19-44-46(38,40-8-2)41-9-3)34-30-33-17-21(6)28(36-30)23-16-26(32-18-23)29(37)35-27(22-13-12-14-24(31)15-22)20-45-47(39,42-10-4)43-11-5/h12-18,25,27,32H,7-11,19-20H2,1-6H3,(H,35,37)(H,33,34,36)/t25-,27+/m0/s1. The Labute approximate surface area is 280 Å². The zero-order valence-corrected chi connectivity index (χ0v) is 30.0. The number of nitrogens with one attached hydrogen (secondary N) is 3. The number of carbonyl (C=O) groups excluding carboxylic acids is 1. The van der Waals surface area contributed by atoms with Crippen LogP contribution in [0.5, 0.6) is 0 Å². The number of amides is 1. The van der Waals surface area contributed by atoms with Crippen molar-refractivity contribution >= 4 is 39.1 Å². The van der Waals surface area contributed by atoms with Crippen LogP contribution in [0.2, 0.25) is 5.02 Å². The average Bonchev–Trinajstić information content (AvgIpc) is 3.53. The van der Waals surface area contributed by atoms with Crippen molar-refractivity contribution in [3.8, 4) is 11.3 Å². The fourth-order valence-electron chi connectivity index (χ4n) is 4.29. The highest BCUT2D eigenvalue weighted by Crippen LogP contribution is 2.50. The molecule has 17 heteroatoms. The molecule has 260 valence electrons. The SMILES string of the molecule is CCOP(=O)(OCC)OC[C@H](CC)Nc1ncc(C)c(-c2c[nH]c(C(=O)N[C@H](COP(=O)(OCC)OCC)c3cccc(Cl)c3)c2)n1. The molecule has 14 nitrogen and oxygen atoms in total. The van der Waals surface area contributed by atoms with Gasteiger partial charge in [-0.05, 0) is 70.4 Å². The van der Waals surface area contributed by atoms with Gasteiger partial charge < -0.3 is 15.6 Å². The second-order valence-corrected chi connectivity index (χ2v) is 13.8.